The maximum atomic E-state index is 12.6. The molecule has 0 radical (unpaired) electrons. The minimum absolute atomic E-state index is 0.0109. The smallest absolute Gasteiger partial charge is 0.231 e. The summed E-state index contributed by atoms with van der Waals surface area (Å²) < 4.78 is 43.2. The van der Waals surface area contributed by atoms with Crippen LogP contribution in [0.3, 0.4) is 0 Å². The second-order valence-corrected chi connectivity index (χ2v) is 9.43. The molecule has 0 amide bonds. The van der Waals surface area contributed by atoms with E-state index in [1.807, 2.05) is 49.4 Å². The Morgan fingerprint density at radius 3 is 2.45 bits per heavy atom. The Balaban J connectivity index is 1.24. The van der Waals surface area contributed by atoms with Gasteiger partial charge in [0, 0.05) is 32.7 Å². The van der Waals surface area contributed by atoms with Crippen molar-refractivity contribution in [2.45, 2.75) is 13.5 Å². The average Bonchev–Trinajstić information content (AvgIpc) is 3.18. The molecule has 29 heavy (non-hydrogen) atoms. The lowest BCUT2D eigenvalue weighted by Gasteiger charge is -2.34. The molecule has 1 saturated heterocycles. The van der Waals surface area contributed by atoms with Gasteiger partial charge in [-0.25, -0.2) is 8.42 Å². The van der Waals surface area contributed by atoms with Gasteiger partial charge in [-0.3, -0.25) is 4.90 Å². The summed E-state index contributed by atoms with van der Waals surface area (Å²) in [6, 6.07) is 13.6. The van der Waals surface area contributed by atoms with E-state index in [9.17, 15) is 8.42 Å². The number of sulfonamides is 1. The van der Waals surface area contributed by atoms with Gasteiger partial charge in [-0.05, 0) is 36.8 Å². The summed E-state index contributed by atoms with van der Waals surface area (Å²) in [6.45, 7) is 5.58. The quantitative estimate of drug-likeness (QED) is 0.687. The van der Waals surface area contributed by atoms with Crippen molar-refractivity contribution in [3.63, 3.8) is 0 Å². The minimum atomic E-state index is -3.32. The number of hydrogen-bond donors (Lipinski definition) is 0. The van der Waals surface area contributed by atoms with E-state index in [0.29, 0.717) is 31.9 Å². The lowest BCUT2D eigenvalue weighted by Crippen LogP contribution is -2.49. The number of piperazine rings is 1. The van der Waals surface area contributed by atoms with Crippen molar-refractivity contribution in [3.8, 4) is 17.2 Å². The highest BCUT2D eigenvalue weighted by Gasteiger charge is 2.27. The third-order valence-corrected chi connectivity index (χ3v) is 7.03. The second-order valence-electron chi connectivity index (χ2n) is 7.34. The average molecular weight is 419 g/mol. The standard InChI is InChI=1S/C21H26N2O5S/c1-17-2-5-19(6-3-17)26-12-13-29(24,25)23-10-8-22(9-11-23)15-18-4-7-20-21(14-18)28-16-27-20/h2-7,14H,8-13,15-16H2,1H3. The monoisotopic (exact) mass is 418 g/mol. The largest absolute Gasteiger partial charge is 0.492 e. The predicted octanol–water partition coefficient (Wildman–Crippen LogP) is 2.25. The SMILES string of the molecule is Cc1ccc(OCCS(=O)(=O)N2CCN(Cc3ccc4c(c3)OCO4)CC2)cc1. The molecule has 7 nitrogen and oxygen atoms in total. The summed E-state index contributed by atoms with van der Waals surface area (Å²) in [5, 5.41) is 0. The van der Waals surface area contributed by atoms with Crippen molar-refractivity contribution in [2.75, 3.05) is 45.3 Å². The van der Waals surface area contributed by atoms with Crippen molar-refractivity contribution >= 4 is 10.0 Å². The van der Waals surface area contributed by atoms with E-state index in [4.69, 9.17) is 14.2 Å². The highest BCUT2D eigenvalue weighted by Crippen LogP contribution is 2.32. The van der Waals surface area contributed by atoms with Crippen LogP contribution in [0.4, 0.5) is 0 Å². The maximum Gasteiger partial charge on any atom is 0.231 e. The number of fused-ring (bicyclic) bond motifs is 1. The van der Waals surface area contributed by atoms with Crippen LogP contribution < -0.4 is 14.2 Å². The van der Waals surface area contributed by atoms with Crippen molar-refractivity contribution < 1.29 is 22.6 Å². The van der Waals surface area contributed by atoms with Crippen LogP contribution in [-0.4, -0.2) is 63.0 Å². The number of hydrogen-bond acceptors (Lipinski definition) is 6. The Labute approximate surface area is 171 Å². The molecule has 156 valence electrons. The van der Waals surface area contributed by atoms with E-state index in [-0.39, 0.29) is 19.2 Å². The molecule has 0 atom stereocenters. The molecule has 0 saturated carbocycles. The van der Waals surface area contributed by atoms with E-state index in [1.54, 1.807) is 4.31 Å². The van der Waals surface area contributed by atoms with E-state index in [1.165, 1.54) is 0 Å². The zero-order chi connectivity index (χ0) is 20.3. The first kappa shape index (κ1) is 20.0. The number of aryl methyl sites for hydroxylation is 1. The van der Waals surface area contributed by atoms with E-state index in [2.05, 4.69) is 4.90 Å². The highest BCUT2D eigenvalue weighted by atomic mass is 32.2. The van der Waals surface area contributed by atoms with Crippen LogP contribution in [0.5, 0.6) is 17.2 Å². The van der Waals surface area contributed by atoms with Gasteiger partial charge in [-0.2, -0.15) is 4.31 Å². The minimum Gasteiger partial charge on any atom is -0.492 e. The molecule has 2 aromatic carbocycles. The van der Waals surface area contributed by atoms with Crippen LogP contribution in [0.15, 0.2) is 42.5 Å². The summed E-state index contributed by atoms with van der Waals surface area (Å²) >= 11 is 0. The van der Waals surface area contributed by atoms with Crippen molar-refractivity contribution in [3.05, 3.63) is 53.6 Å². The first-order valence-electron chi connectivity index (χ1n) is 9.78. The molecule has 4 rings (SSSR count). The molecule has 0 N–H and O–H groups in total. The van der Waals surface area contributed by atoms with Crippen LogP contribution in [-0.2, 0) is 16.6 Å². The maximum absolute atomic E-state index is 12.6. The van der Waals surface area contributed by atoms with Crippen LogP contribution in [0.2, 0.25) is 0 Å². The number of ether oxygens (including phenoxy) is 3. The highest BCUT2D eigenvalue weighted by molar-refractivity contribution is 7.89. The Bertz CT molecular complexity index is 938. The molecular formula is C21H26N2O5S. The summed E-state index contributed by atoms with van der Waals surface area (Å²) in [6.07, 6.45) is 0. The molecule has 2 heterocycles. The zero-order valence-corrected chi connectivity index (χ0v) is 17.4. The third-order valence-electron chi connectivity index (χ3n) is 5.20. The van der Waals surface area contributed by atoms with E-state index >= 15 is 0 Å². The first-order chi connectivity index (χ1) is 14.0. The predicted molar refractivity (Wildman–Crippen MR) is 110 cm³/mol. The van der Waals surface area contributed by atoms with Gasteiger partial charge in [-0.1, -0.05) is 23.8 Å². The molecule has 2 aliphatic heterocycles. The molecule has 1 fully saturated rings. The summed E-state index contributed by atoms with van der Waals surface area (Å²) in [7, 11) is -3.32. The molecule has 8 heteroatoms. The topological polar surface area (TPSA) is 68.3 Å². The van der Waals surface area contributed by atoms with Gasteiger partial charge < -0.3 is 14.2 Å². The zero-order valence-electron chi connectivity index (χ0n) is 16.5. The van der Waals surface area contributed by atoms with Gasteiger partial charge in [0.1, 0.15) is 12.4 Å². The summed E-state index contributed by atoms with van der Waals surface area (Å²) in [4.78, 5) is 2.26. The van der Waals surface area contributed by atoms with Crippen molar-refractivity contribution in [2.24, 2.45) is 0 Å². The normalized spacial score (nSPS) is 17.4. The molecule has 0 spiro atoms. The Kier molecular flexibility index (Phi) is 5.94. The Morgan fingerprint density at radius 2 is 1.69 bits per heavy atom. The van der Waals surface area contributed by atoms with Gasteiger partial charge in [0.2, 0.25) is 16.8 Å². The van der Waals surface area contributed by atoms with Gasteiger partial charge in [0.25, 0.3) is 0 Å². The number of rotatable bonds is 7. The van der Waals surface area contributed by atoms with Crippen LogP contribution >= 0.6 is 0 Å². The second kappa shape index (κ2) is 8.61. The number of benzene rings is 2. The fraction of sp³-hybridized carbons (Fsp3) is 0.429. The van der Waals surface area contributed by atoms with E-state index in [0.717, 1.165) is 29.2 Å². The first-order valence-corrected chi connectivity index (χ1v) is 11.4. The third kappa shape index (κ3) is 5.01. The lowest BCUT2D eigenvalue weighted by atomic mass is 10.2. The molecule has 2 aliphatic rings. The van der Waals surface area contributed by atoms with Gasteiger partial charge in [-0.15, -0.1) is 0 Å². The Morgan fingerprint density at radius 1 is 0.966 bits per heavy atom. The van der Waals surface area contributed by atoms with Crippen LogP contribution in [0.25, 0.3) is 0 Å². The molecule has 2 aromatic rings. The molecule has 0 bridgehead atoms. The van der Waals surface area contributed by atoms with Gasteiger partial charge >= 0.3 is 0 Å². The fourth-order valence-corrected chi connectivity index (χ4v) is 4.76. The van der Waals surface area contributed by atoms with Crippen molar-refractivity contribution in [1.29, 1.82) is 0 Å². The lowest BCUT2D eigenvalue weighted by molar-refractivity contribution is 0.173. The number of nitrogens with zero attached hydrogens (tertiary/aromatic N) is 2. The molecule has 0 aliphatic carbocycles. The fourth-order valence-electron chi connectivity index (χ4n) is 3.49. The van der Waals surface area contributed by atoms with Crippen molar-refractivity contribution in [1.82, 2.24) is 9.21 Å². The molecule has 0 unspecified atom stereocenters. The molecule has 0 aromatic heterocycles. The molecular weight excluding hydrogens is 392 g/mol. The van der Waals surface area contributed by atoms with E-state index < -0.39 is 10.0 Å². The Hall–Kier alpha value is -2.29. The van der Waals surface area contributed by atoms with Crippen LogP contribution in [0, 0.1) is 6.92 Å². The van der Waals surface area contributed by atoms with Crippen LogP contribution in [0.1, 0.15) is 11.1 Å². The van der Waals surface area contributed by atoms with Gasteiger partial charge in [0.05, 0.1) is 5.75 Å². The summed E-state index contributed by atoms with van der Waals surface area (Å²) in [5.74, 6) is 2.23. The van der Waals surface area contributed by atoms with Gasteiger partial charge in [0.15, 0.2) is 11.5 Å². The summed E-state index contributed by atoms with van der Waals surface area (Å²) in [5.41, 5.74) is 2.28.